The van der Waals surface area contributed by atoms with Crippen molar-refractivity contribution in [3.63, 3.8) is 0 Å². The standard InChI is InChI=1S/C15H25N5O/c1-19-9-6-12(7-10-19)20(2)13-3-4-14(17-11-13)18-15(21)5-8-16/h3-4,11-12H,5-10,16H2,1-2H3,(H,17,18,21). The van der Waals surface area contributed by atoms with Crippen LogP contribution >= 0.6 is 0 Å². The number of pyridine rings is 1. The van der Waals surface area contributed by atoms with Gasteiger partial charge in [-0.3, -0.25) is 4.79 Å². The van der Waals surface area contributed by atoms with E-state index in [0.29, 0.717) is 24.8 Å². The van der Waals surface area contributed by atoms with Crippen LogP contribution in [0.3, 0.4) is 0 Å². The van der Waals surface area contributed by atoms with Gasteiger partial charge in [-0.05, 0) is 45.1 Å². The van der Waals surface area contributed by atoms with Crippen molar-refractivity contribution < 1.29 is 4.79 Å². The predicted molar refractivity (Wildman–Crippen MR) is 85.5 cm³/mol. The molecule has 1 aliphatic rings. The number of hydrogen-bond donors (Lipinski definition) is 2. The number of nitrogens with two attached hydrogens (primary N) is 1. The number of anilines is 2. The van der Waals surface area contributed by atoms with Gasteiger partial charge in [0.2, 0.25) is 5.91 Å². The maximum absolute atomic E-state index is 11.5. The topological polar surface area (TPSA) is 74.5 Å². The first-order chi connectivity index (χ1) is 10.1. The molecule has 0 aromatic carbocycles. The highest BCUT2D eigenvalue weighted by Crippen LogP contribution is 2.21. The highest BCUT2D eigenvalue weighted by molar-refractivity contribution is 5.89. The zero-order valence-electron chi connectivity index (χ0n) is 12.9. The largest absolute Gasteiger partial charge is 0.370 e. The summed E-state index contributed by atoms with van der Waals surface area (Å²) in [6.07, 6.45) is 4.47. The molecule has 0 bridgehead atoms. The highest BCUT2D eigenvalue weighted by Gasteiger charge is 2.20. The molecule has 1 aromatic heterocycles. The Labute approximate surface area is 126 Å². The van der Waals surface area contributed by atoms with Crippen LogP contribution in [-0.4, -0.2) is 55.6 Å². The molecule has 1 fully saturated rings. The van der Waals surface area contributed by atoms with Gasteiger partial charge in [-0.2, -0.15) is 0 Å². The number of carbonyl (C=O) groups is 1. The van der Waals surface area contributed by atoms with Crippen LogP contribution in [0, 0.1) is 0 Å². The quantitative estimate of drug-likeness (QED) is 0.843. The molecule has 1 aliphatic heterocycles. The Bertz CT molecular complexity index is 454. The van der Waals surface area contributed by atoms with E-state index in [1.807, 2.05) is 18.3 Å². The maximum atomic E-state index is 11.5. The van der Waals surface area contributed by atoms with Crippen molar-refractivity contribution in [1.29, 1.82) is 0 Å². The molecule has 6 nitrogen and oxygen atoms in total. The Morgan fingerprint density at radius 1 is 1.48 bits per heavy atom. The average molecular weight is 291 g/mol. The summed E-state index contributed by atoms with van der Waals surface area (Å²) < 4.78 is 0. The highest BCUT2D eigenvalue weighted by atomic mass is 16.1. The molecule has 1 aromatic rings. The van der Waals surface area contributed by atoms with Crippen molar-refractivity contribution in [1.82, 2.24) is 9.88 Å². The Hall–Kier alpha value is -1.66. The van der Waals surface area contributed by atoms with Gasteiger partial charge in [0.25, 0.3) is 0 Å². The number of aromatic nitrogens is 1. The minimum atomic E-state index is -0.0959. The van der Waals surface area contributed by atoms with Crippen molar-refractivity contribution in [3.05, 3.63) is 18.3 Å². The molecule has 2 rings (SSSR count). The van der Waals surface area contributed by atoms with E-state index in [0.717, 1.165) is 18.8 Å². The third kappa shape index (κ3) is 4.41. The van der Waals surface area contributed by atoms with Crippen molar-refractivity contribution in [2.45, 2.75) is 25.3 Å². The molecule has 1 amide bonds. The number of nitrogens with one attached hydrogen (secondary N) is 1. The third-order valence-corrected chi connectivity index (χ3v) is 4.03. The molecular weight excluding hydrogens is 266 g/mol. The first-order valence-electron chi connectivity index (χ1n) is 7.47. The fourth-order valence-corrected chi connectivity index (χ4v) is 2.60. The van der Waals surface area contributed by atoms with E-state index < -0.39 is 0 Å². The van der Waals surface area contributed by atoms with Gasteiger partial charge < -0.3 is 20.9 Å². The summed E-state index contributed by atoms with van der Waals surface area (Å²) in [6.45, 7) is 2.62. The van der Waals surface area contributed by atoms with Crippen LogP contribution in [0.1, 0.15) is 19.3 Å². The zero-order valence-corrected chi connectivity index (χ0v) is 12.9. The lowest BCUT2D eigenvalue weighted by Gasteiger charge is -2.36. The van der Waals surface area contributed by atoms with Crippen LogP contribution in [-0.2, 0) is 4.79 Å². The number of rotatable bonds is 5. The molecule has 3 N–H and O–H groups in total. The van der Waals surface area contributed by atoms with Gasteiger partial charge >= 0.3 is 0 Å². The maximum Gasteiger partial charge on any atom is 0.226 e. The van der Waals surface area contributed by atoms with E-state index in [1.165, 1.54) is 12.8 Å². The van der Waals surface area contributed by atoms with Gasteiger partial charge in [0.15, 0.2) is 0 Å². The van der Waals surface area contributed by atoms with Crippen LogP contribution in [0.2, 0.25) is 0 Å². The molecule has 0 radical (unpaired) electrons. The van der Waals surface area contributed by atoms with Crippen LogP contribution in [0.15, 0.2) is 18.3 Å². The van der Waals surface area contributed by atoms with Gasteiger partial charge in [0.1, 0.15) is 5.82 Å². The van der Waals surface area contributed by atoms with E-state index in [4.69, 9.17) is 5.73 Å². The molecule has 0 aliphatic carbocycles. The second-order valence-electron chi connectivity index (χ2n) is 5.63. The summed E-state index contributed by atoms with van der Waals surface area (Å²) in [6, 6.07) is 4.40. The summed E-state index contributed by atoms with van der Waals surface area (Å²) in [5, 5.41) is 2.74. The summed E-state index contributed by atoms with van der Waals surface area (Å²) in [4.78, 5) is 20.4. The number of piperidine rings is 1. The van der Waals surface area contributed by atoms with Gasteiger partial charge in [-0.25, -0.2) is 4.98 Å². The van der Waals surface area contributed by atoms with E-state index in [-0.39, 0.29) is 5.91 Å². The van der Waals surface area contributed by atoms with Gasteiger partial charge in [0.05, 0.1) is 11.9 Å². The number of likely N-dealkylation sites (tertiary alicyclic amines) is 1. The van der Waals surface area contributed by atoms with E-state index in [9.17, 15) is 4.79 Å². The Kier molecular flexibility index (Phi) is 5.52. The van der Waals surface area contributed by atoms with Crippen molar-refractivity contribution >= 4 is 17.4 Å². The third-order valence-electron chi connectivity index (χ3n) is 4.03. The minimum Gasteiger partial charge on any atom is -0.370 e. The Morgan fingerprint density at radius 3 is 2.76 bits per heavy atom. The Morgan fingerprint density at radius 2 is 2.19 bits per heavy atom. The predicted octanol–water partition coefficient (Wildman–Crippen LogP) is 0.899. The van der Waals surface area contributed by atoms with Crippen molar-refractivity contribution in [2.24, 2.45) is 5.73 Å². The normalized spacial score (nSPS) is 16.7. The van der Waals surface area contributed by atoms with Crippen molar-refractivity contribution in [3.8, 4) is 0 Å². The van der Waals surface area contributed by atoms with E-state index in [2.05, 4.69) is 34.2 Å². The number of amides is 1. The lowest BCUT2D eigenvalue weighted by molar-refractivity contribution is -0.116. The summed E-state index contributed by atoms with van der Waals surface area (Å²) in [7, 11) is 4.27. The number of hydrogen-bond acceptors (Lipinski definition) is 5. The van der Waals surface area contributed by atoms with Crippen LogP contribution in [0.4, 0.5) is 11.5 Å². The lowest BCUT2D eigenvalue weighted by atomic mass is 10.0. The first-order valence-corrected chi connectivity index (χ1v) is 7.47. The second-order valence-corrected chi connectivity index (χ2v) is 5.63. The van der Waals surface area contributed by atoms with Gasteiger partial charge in [-0.1, -0.05) is 0 Å². The Balaban J connectivity index is 1.93. The van der Waals surface area contributed by atoms with Gasteiger partial charge in [0, 0.05) is 26.1 Å². The SMILES string of the molecule is CN1CCC(N(C)c2ccc(NC(=O)CCN)nc2)CC1. The molecular formula is C15H25N5O. The molecule has 116 valence electrons. The molecule has 0 unspecified atom stereocenters. The average Bonchev–Trinajstić information content (AvgIpc) is 2.48. The molecule has 2 heterocycles. The molecule has 0 spiro atoms. The van der Waals surface area contributed by atoms with Crippen LogP contribution in [0.25, 0.3) is 0 Å². The van der Waals surface area contributed by atoms with Gasteiger partial charge in [-0.15, -0.1) is 0 Å². The molecule has 6 heteroatoms. The van der Waals surface area contributed by atoms with Crippen LogP contribution in [0.5, 0.6) is 0 Å². The monoisotopic (exact) mass is 291 g/mol. The summed E-state index contributed by atoms with van der Waals surface area (Å²) in [5.74, 6) is 0.482. The molecule has 1 saturated heterocycles. The fraction of sp³-hybridized carbons (Fsp3) is 0.600. The summed E-state index contributed by atoms with van der Waals surface area (Å²) in [5.41, 5.74) is 6.43. The number of nitrogens with zero attached hydrogens (tertiary/aromatic N) is 3. The van der Waals surface area contributed by atoms with E-state index in [1.54, 1.807) is 0 Å². The first kappa shape index (κ1) is 15.7. The second kappa shape index (κ2) is 7.38. The fourth-order valence-electron chi connectivity index (χ4n) is 2.60. The smallest absolute Gasteiger partial charge is 0.226 e. The molecule has 21 heavy (non-hydrogen) atoms. The molecule has 0 saturated carbocycles. The zero-order chi connectivity index (χ0) is 15.2. The number of carbonyl (C=O) groups excluding carboxylic acids is 1. The van der Waals surface area contributed by atoms with E-state index >= 15 is 0 Å². The molecule has 0 atom stereocenters. The minimum absolute atomic E-state index is 0.0959. The van der Waals surface area contributed by atoms with Crippen LogP contribution < -0.4 is 16.0 Å². The lowest BCUT2D eigenvalue weighted by Crippen LogP contribution is -2.42. The summed E-state index contributed by atoms with van der Waals surface area (Å²) >= 11 is 0. The van der Waals surface area contributed by atoms with Crippen molar-refractivity contribution in [2.75, 3.05) is 43.9 Å².